The molecule has 1 aromatic rings. The minimum absolute atomic E-state index is 0.274. The second-order valence-corrected chi connectivity index (χ2v) is 5.35. The van der Waals surface area contributed by atoms with E-state index in [-0.39, 0.29) is 12.0 Å². The number of carboxylic acid groups (broad SMARTS) is 1. The van der Waals surface area contributed by atoms with Gasteiger partial charge < -0.3 is 19.4 Å². The second-order valence-electron chi connectivity index (χ2n) is 5.35. The zero-order valence-corrected chi connectivity index (χ0v) is 12.8. The van der Waals surface area contributed by atoms with Gasteiger partial charge in [-0.15, -0.1) is 0 Å². The highest BCUT2D eigenvalue weighted by Crippen LogP contribution is 2.17. The van der Waals surface area contributed by atoms with Gasteiger partial charge in [-0.2, -0.15) is 4.63 Å². The Kier molecular flexibility index (Phi) is 4.88. The summed E-state index contributed by atoms with van der Waals surface area (Å²) in [6.07, 6.45) is -0.902. The molecule has 2 rings (SSSR count). The number of nitrogens with zero attached hydrogens (tertiary/aromatic N) is 3. The van der Waals surface area contributed by atoms with Gasteiger partial charge in [-0.3, -0.25) is 9.80 Å². The third kappa shape index (κ3) is 4.37. The maximum Gasteiger partial charge on any atom is 0.511 e. The Morgan fingerprint density at radius 1 is 1.18 bits per heavy atom. The summed E-state index contributed by atoms with van der Waals surface area (Å²) < 4.78 is 14.8. The molecule has 2 heterocycles. The van der Waals surface area contributed by atoms with Crippen molar-refractivity contribution in [2.24, 2.45) is 5.92 Å². The minimum Gasteiger partial charge on any atom is -0.481 e. The summed E-state index contributed by atoms with van der Waals surface area (Å²) in [5.74, 6) is -1.09. The first-order chi connectivity index (χ1) is 10.4. The molecule has 0 aromatic carbocycles. The minimum atomic E-state index is -0.882. The molecule has 1 saturated heterocycles. The molecular formula is C12H21N3O7. The van der Waals surface area contributed by atoms with E-state index >= 15 is 0 Å². The van der Waals surface area contributed by atoms with Crippen LogP contribution in [0.1, 0.15) is 33.6 Å². The van der Waals surface area contributed by atoms with Crippen molar-refractivity contribution in [1.29, 1.82) is 0 Å². The maximum absolute atomic E-state index is 11.3. The standard InChI is InChI=1S/C12H21N3O7/c1-8(2)19-12(18)20-9(3)21-15-14(22-15)13-6-4-10(5-7-13)11(16)17/h8-10H,4-7H2,1-3H3,(H,16,17). The van der Waals surface area contributed by atoms with E-state index in [1.165, 1.54) is 11.9 Å². The topological polar surface area (TPSA) is 108 Å². The molecule has 1 aliphatic rings. The molecular weight excluding hydrogens is 298 g/mol. The van der Waals surface area contributed by atoms with Crippen LogP contribution >= 0.6 is 0 Å². The number of carbonyl (C=O) groups is 2. The highest BCUT2D eigenvalue weighted by molar-refractivity contribution is 5.70. The van der Waals surface area contributed by atoms with Crippen LogP contribution in [0.25, 0.3) is 0 Å². The molecule has 1 N–H and O–H groups in total. The van der Waals surface area contributed by atoms with Crippen molar-refractivity contribution in [2.45, 2.75) is 46.0 Å². The molecule has 126 valence electrons. The summed E-state index contributed by atoms with van der Waals surface area (Å²) >= 11 is 0. The van der Waals surface area contributed by atoms with Crippen LogP contribution in [0.15, 0.2) is 4.63 Å². The van der Waals surface area contributed by atoms with Gasteiger partial charge in [-0.1, -0.05) is 0 Å². The van der Waals surface area contributed by atoms with Crippen molar-refractivity contribution in [3.63, 3.8) is 0 Å². The van der Waals surface area contributed by atoms with Crippen LogP contribution in [0.2, 0.25) is 0 Å². The lowest BCUT2D eigenvalue weighted by molar-refractivity contribution is -0.142. The second kappa shape index (κ2) is 6.67. The van der Waals surface area contributed by atoms with E-state index in [2.05, 4.69) is 0 Å². The van der Waals surface area contributed by atoms with Crippen molar-refractivity contribution in [2.75, 3.05) is 18.1 Å². The molecule has 10 nitrogen and oxygen atoms in total. The normalized spacial score (nSPS) is 17.5. The first kappa shape index (κ1) is 16.1. The smallest absolute Gasteiger partial charge is 0.481 e. The molecule has 10 heteroatoms. The van der Waals surface area contributed by atoms with E-state index < -0.39 is 18.4 Å². The van der Waals surface area contributed by atoms with Gasteiger partial charge in [0.05, 0.1) is 12.0 Å². The fourth-order valence-corrected chi connectivity index (χ4v) is 2.05. The van der Waals surface area contributed by atoms with Gasteiger partial charge in [-0.25, -0.2) is 4.79 Å². The quantitative estimate of drug-likeness (QED) is 0.601. The Morgan fingerprint density at radius 2 is 1.82 bits per heavy atom. The lowest BCUT2D eigenvalue weighted by atomic mass is 9.98. The van der Waals surface area contributed by atoms with Gasteiger partial charge in [0.1, 0.15) is 5.02 Å². The highest BCUT2D eigenvalue weighted by Gasteiger charge is 2.30. The van der Waals surface area contributed by atoms with E-state index in [9.17, 15) is 9.59 Å². The van der Waals surface area contributed by atoms with Crippen LogP contribution in [-0.4, -0.2) is 52.7 Å². The molecule has 1 atom stereocenters. The summed E-state index contributed by atoms with van der Waals surface area (Å²) in [7, 11) is 0. The molecule has 0 bridgehead atoms. The molecule has 0 aliphatic carbocycles. The first-order valence-corrected chi connectivity index (χ1v) is 7.16. The summed E-state index contributed by atoms with van der Waals surface area (Å²) in [5.41, 5.74) is 0. The van der Waals surface area contributed by atoms with Crippen molar-refractivity contribution in [1.82, 2.24) is 9.98 Å². The lowest BCUT2D eigenvalue weighted by Crippen LogP contribution is -2.42. The van der Waals surface area contributed by atoms with Crippen molar-refractivity contribution in [3.8, 4) is 0 Å². The number of hydrogen-bond donors (Lipinski definition) is 1. The Morgan fingerprint density at radius 3 is 2.36 bits per heavy atom. The summed E-state index contributed by atoms with van der Waals surface area (Å²) in [4.78, 5) is 28.7. The van der Waals surface area contributed by atoms with E-state index in [0.717, 1.165) is 5.02 Å². The third-order valence-electron chi connectivity index (χ3n) is 3.15. The van der Waals surface area contributed by atoms with E-state index in [4.69, 9.17) is 24.0 Å². The molecule has 0 amide bonds. The fraction of sp³-hybridized carbons (Fsp3) is 0.833. The van der Waals surface area contributed by atoms with Crippen LogP contribution in [0.4, 0.5) is 4.79 Å². The fourth-order valence-electron chi connectivity index (χ4n) is 2.05. The SMILES string of the molecule is CC(C)OC(=O)OC(C)On1on1N1CCC(C(=O)O)CC1. The molecule has 0 saturated carbocycles. The number of aliphatic carboxylic acids is 1. The van der Waals surface area contributed by atoms with Crippen molar-refractivity contribution < 1.29 is 33.6 Å². The molecule has 1 fully saturated rings. The van der Waals surface area contributed by atoms with Crippen LogP contribution in [0.5, 0.6) is 0 Å². The van der Waals surface area contributed by atoms with Crippen LogP contribution in [0, 0.1) is 5.92 Å². The van der Waals surface area contributed by atoms with Crippen LogP contribution in [0.3, 0.4) is 0 Å². The van der Waals surface area contributed by atoms with Crippen molar-refractivity contribution in [3.05, 3.63) is 0 Å². The van der Waals surface area contributed by atoms with Gasteiger partial charge in [0, 0.05) is 25.0 Å². The molecule has 1 unspecified atom stereocenters. The van der Waals surface area contributed by atoms with Gasteiger partial charge in [0.2, 0.25) is 0 Å². The first-order valence-electron chi connectivity index (χ1n) is 7.16. The van der Waals surface area contributed by atoms with Crippen LogP contribution < -0.4 is 9.85 Å². The van der Waals surface area contributed by atoms with Gasteiger partial charge >= 0.3 is 12.1 Å². The van der Waals surface area contributed by atoms with Crippen molar-refractivity contribution >= 4 is 12.1 Å². The third-order valence-corrected chi connectivity index (χ3v) is 3.15. The number of ether oxygens (including phenoxy) is 2. The van der Waals surface area contributed by atoms with Gasteiger partial charge in [0.15, 0.2) is 0 Å². The van der Waals surface area contributed by atoms with Gasteiger partial charge in [0.25, 0.3) is 6.29 Å². The van der Waals surface area contributed by atoms with Gasteiger partial charge in [-0.05, 0) is 26.7 Å². The molecule has 1 aromatic heterocycles. The molecule has 0 spiro atoms. The number of piperidine rings is 1. The Labute approximate surface area is 126 Å². The average Bonchev–Trinajstić information content (AvgIpc) is 3.16. The number of aromatic nitrogens is 2. The van der Waals surface area contributed by atoms with E-state index in [1.807, 2.05) is 0 Å². The largest absolute Gasteiger partial charge is 0.511 e. The van der Waals surface area contributed by atoms with Crippen LogP contribution in [-0.2, 0) is 14.3 Å². The average molecular weight is 319 g/mol. The predicted molar refractivity (Wildman–Crippen MR) is 71.7 cm³/mol. The predicted octanol–water partition coefficient (Wildman–Crippen LogP) is 0.651. The lowest BCUT2D eigenvalue weighted by Gasteiger charge is -2.26. The van der Waals surface area contributed by atoms with E-state index in [0.29, 0.717) is 25.9 Å². The number of carboxylic acids is 1. The highest BCUT2D eigenvalue weighted by atomic mass is 17.0. The Hall–Kier alpha value is -2.26. The number of hydrogen-bond acceptors (Lipinski definition) is 7. The Bertz CT molecular complexity index is 495. The maximum atomic E-state index is 11.3. The zero-order chi connectivity index (χ0) is 16.3. The van der Waals surface area contributed by atoms with E-state index in [1.54, 1.807) is 18.9 Å². The summed E-state index contributed by atoms with van der Waals surface area (Å²) in [6.45, 7) is 6.03. The molecule has 22 heavy (non-hydrogen) atoms. The molecule has 1 aliphatic heterocycles. The summed E-state index contributed by atoms with van der Waals surface area (Å²) in [5, 5.41) is 11.8. The zero-order valence-electron chi connectivity index (χ0n) is 12.8. The summed E-state index contributed by atoms with van der Waals surface area (Å²) in [6, 6.07) is 0. The number of carbonyl (C=O) groups excluding carboxylic acids is 1. The monoisotopic (exact) mass is 319 g/mol. The number of rotatable bonds is 6. The Balaban J connectivity index is 1.72. The molecule has 0 radical (unpaired) electrons.